The Balaban J connectivity index is 1.52. The summed E-state index contributed by atoms with van der Waals surface area (Å²) in [5.74, 6) is 2.06. The Bertz CT molecular complexity index is 997. The van der Waals surface area contributed by atoms with Crippen LogP contribution in [0.1, 0.15) is 11.3 Å². The van der Waals surface area contributed by atoms with Crippen molar-refractivity contribution >= 4 is 40.3 Å². The molecule has 3 aromatic rings. The van der Waals surface area contributed by atoms with Gasteiger partial charge in [0.05, 0.1) is 17.7 Å². The van der Waals surface area contributed by atoms with Crippen molar-refractivity contribution in [2.24, 2.45) is 0 Å². The van der Waals surface area contributed by atoms with Gasteiger partial charge in [0, 0.05) is 0 Å². The first-order valence-electron chi connectivity index (χ1n) is 8.30. The SMILES string of the molecule is O=C1C(=Cc2cccc(Oc3ccccc3)c2)SC(=S)N1Cc1ccco1. The molecule has 1 fully saturated rings. The van der Waals surface area contributed by atoms with Crippen LogP contribution >= 0.6 is 24.0 Å². The smallest absolute Gasteiger partial charge is 0.266 e. The lowest BCUT2D eigenvalue weighted by Crippen LogP contribution is -2.27. The highest BCUT2D eigenvalue weighted by atomic mass is 32.2. The molecule has 2 heterocycles. The number of amides is 1. The van der Waals surface area contributed by atoms with Crippen LogP contribution in [0, 0.1) is 0 Å². The lowest BCUT2D eigenvalue weighted by Gasteiger charge is -2.12. The molecule has 27 heavy (non-hydrogen) atoms. The first-order valence-corrected chi connectivity index (χ1v) is 9.52. The molecule has 0 radical (unpaired) electrons. The molecular formula is C21H15NO3S2. The van der Waals surface area contributed by atoms with Crippen molar-refractivity contribution in [1.82, 2.24) is 4.90 Å². The lowest BCUT2D eigenvalue weighted by molar-refractivity contribution is -0.122. The fourth-order valence-corrected chi connectivity index (χ4v) is 3.89. The third-order valence-corrected chi connectivity index (χ3v) is 5.28. The molecule has 4 rings (SSSR count). The van der Waals surface area contributed by atoms with Gasteiger partial charge in [-0.25, -0.2) is 0 Å². The summed E-state index contributed by atoms with van der Waals surface area (Å²) in [6.45, 7) is 0.339. The summed E-state index contributed by atoms with van der Waals surface area (Å²) in [6.07, 6.45) is 3.42. The van der Waals surface area contributed by atoms with Gasteiger partial charge < -0.3 is 9.15 Å². The van der Waals surface area contributed by atoms with Crippen LogP contribution in [0.25, 0.3) is 6.08 Å². The largest absolute Gasteiger partial charge is 0.467 e. The van der Waals surface area contributed by atoms with Crippen LogP contribution < -0.4 is 4.74 Å². The highest BCUT2D eigenvalue weighted by Crippen LogP contribution is 2.34. The van der Waals surface area contributed by atoms with Gasteiger partial charge in [-0.15, -0.1) is 0 Å². The van der Waals surface area contributed by atoms with Crippen LogP contribution in [0.5, 0.6) is 11.5 Å². The number of furan rings is 1. The van der Waals surface area contributed by atoms with E-state index in [2.05, 4.69) is 0 Å². The molecule has 0 bridgehead atoms. The van der Waals surface area contributed by atoms with Gasteiger partial charge in [-0.2, -0.15) is 0 Å². The van der Waals surface area contributed by atoms with Crippen LogP contribution in [0.15, 0.2) is 82.3 Å². The van der Waals surface area contributed by atoms with E-state index in [4.69, 9.17) is 21.4 Å². The topological polar surface area (TPSA) is 42.7 Å². The van der Waals surface area contributed by atoms with E-state index in [-0.39, 0.29) is 5.91 Å². The standard InChI is InChI=1S/C21H15NO3S2/c23-20-19(27-21(26)22(20)14-18-10-5-11-24-18)13-15-6-4-9-17(12-15)25-16-7-2-1-3-8-16/h1-13H,14H2. The molecule has 134 valence electrons. The van der Waals surface area contributed by atoms with E-state index in [1.165, 1.54) is 11.8 Å². The van der Waals surface area contributed by atoms with E-state index in [9.17, 15) is 4.79 Å². The van der Waals surface area contributed by atoms with Gasteiger partial charge in [0.2, 0.25) is 0 Å². The minimum absolute atomic E-state index is 0.115. The maximum absolute atomic E-state index is 12.7. The second kappa shape index (κ2) is 7.82. The normalized spacial score (nSPS) is 15.6. The van der Waals surface area contributed by atoms with Crippen molar-refractivity contribution < 1.29 is 13.9 Å². The van der Waals surface area contributed by atoms with Gasteiger partial charge in [-0.1, -0.05) is 54.3 Å². The second-order valence-electron chi connectivity index (χ2n) is 5.83. The van der Waals surface area contributed by atoms with Gasteiger partial charge in [0.25, 0.3) is 5.91 Å². The highest BCUT2D eigenvalue weighted by Gasteiger charge is 2.32. The summed E-state index contributed by atoms with van der Waals surface area (Å²) in [5.41, 5.74) is 0.877. The molecule has 6 heteroatoms. The molecule has 1 amide bonds. The maximum atomic E-state index is 12.7. The summed E-state index contributed by atoms with van der Waals surface area (Å²) in [5, 5.41) is 0. The molecule has 1 aliphatic rings. The Labute approximate surface area is 166 Å². The van der Waals surface area contributed by atoms with Crippen LogP contribution in [0.2, 0.25) is 0 Å². The second-order valence-corrected chi connectivity index (χ2v) is 7.51. The number of hydrogen-bond donors (Lipinski definition) is 0. The molecule has 0 saturated carbocycles. The zero-order valence-corrected chi connectivity index (χ0v) is 15.8. The molecule has 1 aliphatic heterocycles. The van der Waals surface area contributed by atoms with Crippen molar-refractivity contribution in [2.75, 3.05) is 0 Å². The summed E-state index contributed by atoms with van der Waals surface area (Å²) in [6, 6.07) is 20.8. The van der Waals surface area contributed by atoms with Gasteiger partial charge in [0.1, 0.15) is 21.6 Å². The molecule has 4 nitrogen and oxygen atoms in total. The number of thiocarbonyl (C=S) groups is 1. The molecule has 2 aromatic carbocycles. The lowest BCUT2D eigenvalue weighted by atomic mass is 10.2. The molecule has 1 saturated heterocycles. The van der Waals surface area contributed by atoms with Gasteiger partial charge in [-0.05, 0) is 48.0 Å². The quantitative estimate of drug-likeness (QED) is 0.425. The van der Waals surface area contributed by atoms with Crippen LogP contribution in [0.4, 0.5) is 0 Å². The fourth-order valence-electron chi connectivity index (χ4n) is 2.64. The number of carbonyl (C=O) groups is 1. The minimum Gasteiger partial charge on any atom is -0.467 e. The number of nitrogens with zero attached hydrogens (tertiary/aromatic N) is 1. The Hall–Kier alpha value is -2.83. The van der Waals surface area contributed by atoms with E-state index in [0.717, 1.165) is 11.3 Å². The van der Waals surface area contributed by atoms with Crippen molar-refractivity contribution in [1.29, 1.82) is 0 Å². The van der Waals surface area contributed by atoms with Gasteiger partial charge in [-0.3, -0.25) is 9.69 Å². The summed E-state index contributed by atoms with van der Waals surface area (Å²) >= 11 is 6.65. The maximum Gasteiger partial charge on any atom is 0.266 e. The predicted molar refractivity (Wildman–Crippen MR) is 110 cm³/mol. The third kappa shape index (κ3) is 4.13. The Kier molecular flexibility index (Phi) is 5.09. The average molecular weight is 393 g/mol. The Morgan fingerprint density at radius 2 is 1.85 bits per heavy atom. The number of ether oxygens (including phenoxy) is 1. The summed E-state index contributed by atoms with van der Waals surface area (Å²) < 4.78 is 11.7. The average Bonchev–Trinajstić information content (AvgIpc) is 3.27. The van der Waals surface area contributed by atoms with Crippen molar-refractivity contribution in [2.45, 2.75) is 6.54 Å². The minimum atomic E-state index is -0.115. The molecule has 1 aromatic heterocycles. The van der Waals surface area contributed by atoms with E-state index in [0.29, 0.717) is 27.3 Å². The Morgan fingerprint density at radius 1 is 1.04 bits per heavy atom. The first-order chi connectivity index (χ1) is 13.2. The number of carbonyl (C=O) groups excluding carboxylic acids is 1. The van der Waals surface area contributed by atoms with E-state index in [1.54, 1.807) is 17.2 Å². The van der Waals surface area contributed by atoms with Crippen LogP contribution in [-0.4, -0.2) is 15.1 Å². The third-order valence-electron chi connectivity index (χ3n) is 3.90. The number of thioether (sulfide) groups is 1. The zero-order chi connectivity index (χ0) is 18.6. The molecule has 0 atom stereocenters. The molecule has 0 N–H and O–H groups in total. The highest BCUT2D eigenvalue weighted by molar-refractivity contribution is 8.26. The molecule has 0 aliphatic carbocycles. The van der Waals surface area contributed by atoms with Crippen molar-refractivity contribution in [3.05, 3.63) is 89.2 Å². The van der Waals surface area contributed by atoms with E-state index >= 15 is 0 Å². The summed E-state index contributed by atoms with van der Waals surface area (Å²) in [7, 11) is 0. The van der Waals surface area contributed by atoms with Crippen LogP contribution in [0.3, 0.4) is 0 Å². The fraction of sp³-hybridized carbons (Fsp3) is 0.0476. The number of para-hydroxylation sites is 1. The number of hydrogen-bond acceptors (Lipinski definition) is 5. The summed E-state index contributed by atoms with van der Waals surface area (Å²) in [4.78, 5) is 14.8. The number of rotatable bonds is 5. The Morgan fingerprint density at radius 3 is 2.63 bits per heavy atom. The van der Waals surface area contributed by atoms with E-state index < -0.39 is 0 Å². The van der Waals surface area contributed by atoms with Crippen molar-refractivity contribution in [3.8, 4) is 11.5 Å². The first kappa shape index (κ1) is 17.6. The molecular weight excluding hydrogens is 378 g/mol. The predicted octanol–water partition coefficient (Wildman–Crippen LogP) is 5.47. The van der Waals surface area contributed by atoms with Gasteiger partial charge >= 0.3 is 0 Å². The zero-order valence-electron chi connectivity index (χ0n) is 14.2. The monoisotopic (exact) mass is 393 g/mol. The van der Waals surface area contributed by atoms with Crippen LogP contribution in [-0.2, 0) is 11.3 Å². The molecule has 0 unspecified atom stereocenters. The van der Waals surface area contributed by atoms with Crippen molar-refractivity contribution in [3.63, 3.8) is 0 Å². The molecule has 0 spiro atoms. The number of benzene rings is 2. The van der Waals surface area contributed by atoms with Gasteiger partial charge in [0.15, 0.2) is 0 Å². The van der Waals surface area contributed by atoms with E-state index in [1.807, 2.05) is 66.7 Å².